The molecule has 5 heteroatoms. The number of nitrogens with one attached hydrogen (secondary N) is 1. The van der Waals surface area contributed by atoms with Gasteiger partial charge in [0, 0.05) is 32.0 Å². The van der Waals surface area contributed by atoms with E-state index in [-0.39, 0.29) is 12.1 Å². The van der Waals surface area contributed by atoms with Crippen molar-refractivity contribution in [1.29, 1.82) is 0 Å². The van der Waals surface area contributed by atoms with E-state index in [9.17, 15) is 0 Å². The molecule has 0 amide bonds. The van der Waals surface area contributed by atoms with Crippen molar-refractivity contribution in [3.63, 3.8) is 0 Å². The van der Waals surface area contributed by atoms with Crippen LogP contribution in [0, 0.1) is 5.92 Å². The number of hydrogen-bond acceptors (Lipinski definition) is 4. The van der Waals surface area contributed by atoms with Crippen LogP contribution in [0.3, 0.4) is 0 Å². The van der Waals surface area contributed by atoms with Gasteiger partial charge in [0.25, 0.3) is 0 Å². The van der Waals surface area contributed by atoms with E-state index < -0.39 is 0 Å². The van der Waals surface area contributed by atoms with Crippen LogP contribution in [0.1, 0.15) is 26.1 Å². The predicted molar refractivity (Wildman–Crippen MR) is 66.2 cm³/mol. The smallest absolute Gasteiger partial charge is 0.110 e. The summed E-state index contributed by atoms with van der Waals surface area (Å²) in [5.74, 6) is 7.28. The molecule has 1 fully saturated rings. The van der Waals surface area contributed by atoms with Gasteiger partial charge in [0.05, 0.1) is 12.1 Å². The van der Waals surface area contributed by atoms with Gasteiger partial charge in [-0.05, 0) is 19.3 Å². The summed E-state index contributed by atoms with van der Waals surface area (Å²) in [6.07, 6.45) is 5.96. The molecule has 96 valence electrons. The van der Waals surface area contributed by atoms with Crippen LogP contribution in [0.5, 0.6) is 0 Å². The normalized spacial score (nSPS) is 26.3. The van der Waals surface area contributed by atoms with Crippen LogP contribution in [-0.2, 0) is 17.7 Å². The topological polar surface area (TPSA) is 65.1 Å². The van der Waals surface area contributed by atoms with Gasteiger partial charge in [-0.15, -0.1) is 0 Å². The number of ether oxygens (including phenoxy) is 1. The van der Waals surface area contributed by atoms with Gasteiger partial charge in [-0.25, -0.2) is 4.98 Å². The van der Waals surface area contributed by atoms with Gasteiger partial charge in [-0.2, -0.15) is 0 Å². The summed E-state index contributed by atoms with van der Waals surface area (Å²) in [5, 5.41) is 0. The van der Waals surface area contributed by atoms with Gasteiger partial charge in [-0.3, -0.25) is 11.3 Å². The monoisotopic (exact) mass is 238 g/mol. The Labute approximate surface area is 102 Å². The Bertz CT molecular complexity index is 352. The van der Waals surface area contributed by atoms with Crippen LogP contribution >= 0.6 is 0 Å². The lowest BCUT2D eigenvalue weighted by Gasteiger charge is -2.25. The Hall–Kier alpha value is -0.910. The molecule has 17 heavy (non-hydrogen) atoms. The van der Waals surface area contributed by atoms with Gasteiger partial charge in [0.2, 0.25) is 0 Å². The minimum Gasteiger partial charge on any atom is -0.376 e. The molecule has 3 atom stereocenters. The molecule has 0 aliphatic carbocycles. The minimum atomic E-state index is 0.139. The zero-order valence-corrected chi connectivity index (χ0v) is 10.6. The average Bonchev–Trinajstić information content (AvgIpc) is 2.94. The fourth-order valence-corrected chi connectivity index (χ4v) is 2.52. The third kappa shape index (κ3) is 2.68. The molecule has 0 aromatic carbocycles. The van der Waals surface area contributed by atoms with Crippen LogP contribution in [0.15, 0.2) is 12.4 Å². The molecule has 1 aromatic heterocycles. The van der Waals surface area contributed by atoms with Crippen molar-refractivity contribution in [2.45, 2.75) is 45.4 Å². The van der Waals surface area contributed by atoms with E-state index in [1.807, 2.05) is 12.4 Å². The average molecular weight is 238 g/mol. The molecule has 1 aliphatic rings. The third-order valence-electron chi connectivity index (χ3n) is 3.60. The Morgan fingerprint density at radius 1 is 1.71 bits per heavy atom. The molecule has 0 saturated carbocycles. The maximum Gasteiger partial charge on any atom is 0.110 e. The summed E-state index contributed by atoms with van der Waals surface area (Å²) in [6, 6.07) is 0.139. The zero-order valence-electron chi connectivity index (χ0n) is 10.6. The lowest BCUT2D eigenvalue weighted by molar-refractivity contribution is 0.0602. The number of nitrogens with two attached hydrogens (primary N) is 1. The van der Waals surface area contributed by atoms with Crippen LogP contribution < -0.4 is 11.3 Å². The summed E-state index contributed by atoms with van der Waals surface area (Å²) >= 11 is 0. The number of hydrazine groups is 1. The summed E-state index contributed by atoms with van der Waals surface area (Å²) in [4.78, 5) is 4.38. The van der Waals surface area contributed by atoms with E-state index in [0.29, 0.717) is 5.92 Å². The minimum absolute atomic E-state index is 0.139. The number of aryl methyl sites for hydroxylation is 1. The van der Waals surface area contributed by atoms with Crippen molar-refractivity contribution in [3.05, 3.63) is 18.2 Å². The highest BCUT2D eigenvalue weighted by atomic mass is 16.5. The standard InChI is InChI=1S/C12H22N4O/c1-3-16-6-5-14-11(16)8-10(15-13)12-9(2)4-7-17-12/h5-6,9-10,12,15H,3-4,7-8,13H2,1-2H3. The summed E-state index contributed by atoms with van der Waals surface area (Å²) in [7, 11) is 0. The Morgan fingerprint density at radius 3 is 3.12 bits per heavy atom. The molecule has 0 spiro atoms. The van der Waals surface area contributed by atoms with E-state index in [0.717, 1.165) is 31.8 Å². The van der Waals surface area contributed by atoms with Crippen molar-refractivity contribution in [2.75, 3.05) is 6.61 Å². The van der Waals surface area contributed by atoms with Crippen LogP contribution in [0.25, 0.3) is 0 Å². The van der Waals surface area contributed by atoms with E-state index in [1.54, 1.807) is 0 Å². The molecule has 3 unspecified atom stereocenters. The molecular weight excluding hydrogens is 216 g/mol. The maximum atomic E-state index is 5.76. The summed E-state index contributed by atoms with van der Waals surface area (Å²) in [5.41, 5.74) is 2.89. The first kappa shape index (κ1) is 12.5. The highest BCUT2D eigenvalue weighted by molar-refractivity contribution is 4.98. The van der Waals surface area contributed by atoms with Crippen molar-refractivity contribution in [2.24, 2.45) is 11.8 Å². The molecule has 1 saturated heterocycles. The van der Waals surface area contributed by atoms with Crippen LogP contribution in [0.2, 0.25) is 0 Å². The lowest BCUT2D eigenvalue weighted by Crippen LogP contribution is -2.47. The molecular formula is C12H22N4O. The molecule has 2 heterocycles. The molecule has 5 nitrogen and oxygen atoms in total. The number of rotatable bonds is 5. The highest BCUT2D eigenvalue weighted by Gasteiger charge is 2.32. The zero-order chi connectivity index (χ0) is 12.3. The number of aromatic nitrogens is 2. The fraction of sp³-hybridized carbons (Fsp3) is 0.750. The SMILES string of the molecule is CCn1ccnc1CC(NN)C1OCCC1C. The van der Waals surface area contributed by atoms with Gasteiger partial charge in [0.15, 0.2) is 0 Å². The Balaban J connectivity index is 2.04. The number of nitrogens with zero attached hydrogens (tertiary/aromatic N) is 2. The second-order valence-electron chi connectivity index (χ2n) is 4.71. The number of imidazole rings is 1. The molecule has 1 aliphatic heterocycles. The maximum absolute atomic E-state index is 5.76. The largest absolute Gasteiger partial charge is 0.376 e. The number of hydrogen-bond donors (Lipinski definition) is 2. The first-order valence-corrected chi connectivity index (χ1v) is 6.34. The van der Waals surface area contributed by atoms with E-state index in [4.69, 9.17) is 10.6 Å². The van der Waals surface area contributed by atoms with Crippen molar-refractivity contribution in [1.82, 2.24) is 15.0 Å². The summed E-state index contributed by atoms with van der Waals surface area (Å²) < 4.78 is 7.90. The van der Waals surface area contributed by atoms with Gasteiger partial charge < -0.3 is 9.30 Å². The second kappa shape index (κ2) is 5.62. The van der Waals surface area contributed by atoms with Crippen LogP contribution in [0.4, 0.5) is 0 Å². The molecule has 0 radical (unpaired) electrons. The van der Waals surface area contributed by atoms with Crippen LogP contribution in [-0.4, -0.2) is 28.3 Å². The Morgan fingerprint density at radius 2 is 2.53 bits per heavy atom. The van der Waals surface area contributed by atoms with Crippen molar-refractivity contribution >= 4 is 0 Å². The first-order chi connectivity index (χ1) is 8.26. The van der Waals surface area contributed by atoms with Gasteiger partial charge in [-0.1, -0.05) is 6.92 Å². The first-order valence-electron chi connectivity index (χ1n) is 6.34. The fourth-order valence-electron chi connectivity index (χ4n) is 2.52. The van der Waals surface area contributed by atoms with E-state index >= 15 is 0 Å². The van der Waals surface area contributed by atoms with Gasteiger partial charge in [0.1, 0.15) is 5.82 Å². The molecule has 1 aromatic rings. The van der Waals surface area contributed by atoms with Gasteiger partial charge >= 0.3 is 0 Å². The highest BCUT2D eigenvalue weighted by Crippen LogP contribution is 2.24. The van der Waals surface area contributed by atoms with Crippen molar-refractivity contribution < 1.29 is 4.74 Å². The van der Waals surface area contributed by atoms with Crippen molar-refractivity contribution in [3.8, 4) is 0 Å². The third-order valence-corrected chi connectivity index (χ3v) is 3.60. The summed E-state index contributed by atoms with van der Waals surface area (Å²) in [6.45, 7) is 6.11. The van der Waals surface area contributed by atoms with E-state index in [1.165, 1.54) is 0 Å². The second-order valence-corrected chi connectivity index (χ2v) is 4.71. The quantitative estimate of drug-likeness (QED) is 0.585. The van der Waals surface area contributed by atoms with E-state index in [2.05, 4.69) is 28.8 Å². The molecule has 3 N–H and O–H groups in total. The lowest BCUT2D eigenvalue weighted by atomic mass is 9.96. The predicted octanol–water partition coefficient (Wildman–Crippen LogP) is 0.702. The molecule has 2 rings (SSSR count). The Kier molecular flexibility index (Phi) is 4.15. The molecule has 0 bridgehead atoms.